The third-order valence-corrected chi connectivity index (χ3v) is 11.6. The number of hydrogen-bond donors (Lipinski definition) is 0. The second kappa shape index (κ2) is 11.5. The normalized spacial score (nSPS) is 15.9. The Morgan fingerprint density at radius 2 is 0.885 bits per heavy atom. The molecule has 0 bridgehead atoms. The molecule has 2 aliphatic carbocycles. The van der Waals surface area contributed by atoms with Gasteiger partial charge >= 0.3 is 0 Å². The molecular formula is C52H34. The van der Waals surface area contributed by atoms with E-state index in [2.05, 4.69) is 194 Å². The molecule has 0 fully saturated rings. The number of hydrogen-bond acceptors (Lipinski definition) is 0. The van der Waals surface area contributed by atoms with Gasteiger partial charge in [0.25, 0.3) is 0 Å². The van der Waals surface area contributed by atoms with Gasteiger partial charge in [0.1, 0.15) is 0 Å². The fraction of sp³-hybridized carbons (Fsp3) is 0.0385. The van der Waals surface area contributed by atoms with Crippen LogP contribution in [0.15, 0.2) is 194 Å². The van der Waals surface area contributed by atoms with Gasteiger partial charge in [0.2, 0.25) is 0 Å². The Bertz CT molecular complexity index is 2920. The van der Waals surface area contributed by atoms with Crippen molar-refractivity contribution in [2.45, 2.75) is 11.8 Å². The van der Waals surface area contributed by atoms with E-state index >= 15 is 0 Å². The van der Waals surface area contributed by atoms with Crippen LogP contribution in [0.4, 0.5) is 0 Å². The molecule has 0 N–H and O–H groups in total. The summed E-state index contributed by atoms with van der Waals surface area (Å²) in [4.78, 5) is 0. The molecule has 2 aliphatic rings. The first-order valence-corrected chi connectivity index (χ1v) is 18.4. The third-order valence-electron chi connectivity index (χ3n) is 11.6. The molecule has 9 aromatic rings. The lowest BCUT2D eigenvalue weighted by Crippen LogP contribution is -2.17. The molecule has 0 radical (unpaired) electrons. The summed E-state index contributed by atoms with van der Waals surface area (Å²) in [5.74, 6) is 0.647. The lowest BCUT2D eigenvalue weighted by atomic mass is 9.68. The van der Waals surface area contributed by atoms with Crippen LogP contribution in [0.5, 0.6) is 0 Å². The summed E-state index contributed by atoms with van der Waals surface area (Å²) in [7, 11) is 0. The van der Waals surface area contributed by atoms with E-state index in [-0.39, 0.29) is 0 Å². The van der Waals surface area contributed by atoms with E-state index in [1.54, 1.807) is 0 Å². The minimum absolute atomic E-state index is 0.305. The highest BCUT2D eigenvalue weighted by Gasteiger charge is 2.34. The van der Waals surface area contributed by atoms with Gasteiger partial charge in [0.15, 0.2) is 0 Å². The van der Waals surface area contributed by atoms with E-state index in [0.717, 1.165) is 0 Å². The average Bonchev–Trinajstić information content (AvgIpc) is 3.22. The van der Waals surface area contributed by atoms with Crippen LogP contribution in [0.1, 0.15) is 23.0 Å². The van der Waals surface area contributed by atoms with Gasteiger partial charge in [-0.15, -0.1) is 0 Å². The molecule has 0 saturated heterocycles. The second-order valence-corrected chi connectivity index (χ2v) is 14.3. The molecular weight excluding hydrogens is 625 g/mol. The van der Waals surface area contributed by atoms with Gasteiger partial charge in [-0.05, 0) is 117 Å². The summed E-state index contributed by atoms with van der Waals surface area (Å²) in [5.41, 5.74) is 13.1. The predicted octanol–water partition coefficient (Wildman–Crippen LogP) is 14.3. The van der Waals surface area contributed by atoms with Crippen LogP contribution in [0, 0.1) is 0 Å². The lowest BCUT2D eigenvalue weighted by Gasteiger charge is -2.35. The van der Waals surface area contributed by atoms with Crippen molar-refractivity contribution in [3.8, 4) is 44.5 Å². The van der Waals surface area contributed by atoms with Gasteiger partial charge in [0, 0.05) is 11.8 Å². The standard InChI is InChI=1S/C52H34/c1-2-15-34-30-36(29-28-33(34)14-1)35-16-13-17-37(31-35)50-44-24-9-11-26-46(44)52(47-27-12-10-25-45(47)50)49-32-48-40-20-4-3-18-38(40)39-19-5-7-22-42(39)51(48)43-23-8-6-21-41(43)49/h1-32,39,42H. The van der Waals surface area contributed by atoms with Crippen molar-refractivity contribution in [3.05, 3.63) is 205 Å². The zero-order valence-electron chi connectivity index (χ0n) is 28.6. The summed E-state index contributed by atoms with van der Waals surface area (Å²) in [6.45, 7) is 0. The fourth-order valence-corrected chi connectivity index (χ4v) is 9.35. The summed E-state index contributed by atoms with van der Waals surface area (Å²) in [5, 5.41) is 10.3. The maximum atomic E-state index is 2.52. The van der Waals surface area contributed by atoms with Crippen LogP contribution >= 0.6 is 0 Å². The summed E-state index contributed by atoms with van der Waals surface area (Å²) in [6, 6.07) is 63.3. The molecule has 0 aliphatic heterocycles. The molecule has 0 heteroatoms. The Balaban J connectivity index is 1.20. The minimum Gasteiger partial charge on any atom is -0.0761 e. The van der Waals surface area contributed by atoms with E-state index in [9.17, 15) is 0 Å². The second-order valence-electron chi connectivity index (χ2n) is 14.3. The van der Waals surface area contributed by atoms with Gasteiger partial charge < -0.3 is 0 Å². The monoisotopic (exact) mass is 658 g/mol. The Hall–Kier alpha value is -6.50. The van der Waals surface area contributed by atoms with Crippen molar-refractivity contribution in [2.75, 3.05) is 0 Å². The van der Waals surface area contributed by atoms with Crippen molar-refractivity contribution in [1.82, 2.24) is 0 Å². The maximum Gasteiger partial charge on any atom is 0.0137 e. The Morgan fingerprint density at radius 1 is 0.308 bits per heavy atom. The molecule has 11 rings (SSSR count). The van der Waals surface area contributed by atoms with E-state index in [0.29, 0.717) is 11.8 Å². The Labute approximate surface area is 303 Å². The highest BCUT2D eigenvalue weighted by Crippen LogP contribution is 2.54. The predicted molar refractivity (Wildman–Crippen MR) is 222 cm³/mol. The first-order valence-electron chi connectivity index (χ1n) is 18.4. The van der Waals surface area contributed by atoms with Crippen LogP contribution in [-0.4, -0.2) is 0 Å². The number of allylic oxidation sites excluding steroid dienone is 4. The van der Waals surface area contributed by atoms with Crippen molar-refractivity contribution in [3.63, 3.8) is 0 Å². The first kappa shape index (κ1) is 29.3. The minimum atomic E-state index is 0.305. The average molecular weight is 659 g/mol. The van der Waals surface area contributed by atoms with E-state index in [1.165, 1.54) is 98.7 Å². The van der Waals surface area contributed by atoms with Gasteiger partial charge in [-0.3, -0.25) is 0 Å². The molecule has 2 unspecified atom stereocenters. The lowest BCUT2D eigenvalue weighted by molar-refractivity contribution is 0.725. The van der Waals surface area contributed by atoms with Crippen LogP contribution < -0.4 is 0 Å². The summed E-state index contributed by atoms with van der Waals surface area (Å²) in [6.07, 6.45) is 9.26. The first-order chi connectivity index (χ1) is 25.8. The summed E-state index contributed by atoms with van der Waals surface area (Å²) < 4.78 is 0. The largest absolute Gasteiger partial charge is 0.0761 e. The van der Waals surface area contributed by atoms with Gasteiger partial charge in [0.05, 0.1) is 0 Å². The van der Waals surface area contributed by atoms with Gasteiger partial charge in [-0.25, -0.2) is 0 Å². The van der Waals surface area contributed by atoms with Crippen LogP contribution in [0.2, 0.25) is 0 Å². The number of rotatable bonds is 3. The quantitative estimate of drug-likeness (QED) is 0.166. The molecule has 242 valence electrons. The molecule has 0 amide bonds. The van der Waals surface area contributed by atoms with Crippen LogP contribution in [0.3, 0.4) is 0 Å². The van der Waals surface area contributed by atoms with Crippen molar-refractivity contribution >= 4 is 43.1 Å². The SMILES string of the molecule is C1=CC2c3ccccc3-c3cc(-c4c5ccccc5c(-c5cccc(-c6ccc7ccccc7c6)c5)c5ccccc45)c4ccccc4c3C2C=C1. The molecule has 52 heavy (non-hydrogen) atoms. The maximum absolute atomic E-state index is 2.52. The molecule has 9 aromatic carbocycles. The molecule has 0 aromatic heterocycles. The Morgan fingerprint density at radius 3 is 1.65 bits per heavy atom. The third kappa shape index (κ3) is 4.34. The van der Waals surface area contributed by atoms with E-state index < -0.39 is 0 Å². The highest BCUT2D eigenvalue weighted by atomic mass is 14.4. The van der Waals surface area contributed by atoms with Crippen molar-refractivity contribution in [2.24, 2.45) is 0 Å². The van der Waals surface area contributed by atoms with Gasteiger partial charge in [-0.2, -0.15) is 0 Å². The Kier molecular flexibility index (Phi) is 6.48. The van der Waals surface area contributed by atoms with E-state index in [1.807, 2.05) is 0 Å². The molecule has 0 heterocycles. The topological polar surface area (TPSA) is 0 Å². The molecule has 0 spiro atoms. The number of benzene rings is 9. The van der Waals surface area contributed by atoms with Gasteiger partial charge in [-0.1, -0.05) is 176 Å². The highest BCUT2D eigenvalue weighted by molar-refractivity contribution is 6.24. The smallest absolute Gasteiger partial charge is 0.0137 e. The van der Waals surface area contributed by atoms with Crippen LogP contribution in [0.25, 0.3) is 87.6 Å². The summed E-state index contributed by atoms with van der Waals surface area (Å²) >= 11 is 0. The van der Waals surface area contributed by atoms with Crippen molar-refractivity contribution < 1.29 is 0 Å². The zero-order chi connectivity index (χ0) is 34.2. The van der Waals surface area contributed by atoms with Crippen LogP contribution in [-0.2, 0) is 0 Å². The fourth-order valence-electron chi connectivity index (χ4n) is 9.35. The zero-order valence-corrected chi connectivity index (χ0v) is 28.6. The van der Waals surface area contributed by atoms with E-state index in [4.69, 9.17) is 0 Å². The number of fused-ring (bicyclic) bond motifs is 11. The molecule has 2 atom stereocenters. The molecule has 0 nitrogen and oxygen atoms in total. The molecule has 0 saturated carbocycles. The van der Waals surface area contributed by atoms with Crippen molar-refractivity contribution in [1.29, 1.82) is 0 Å².